The third-order valence-electron chi connectivity index (χ3n) is 0.357. The van der Waals surface area contributed by atoms with Gasteiger partial charge in [0.15, 0.2) is 6.40 Å². The highest BCUT2D eigenvalue weighted by Crippen LogP contribution is 1.63. The van der Waals surface area contributed by atoms with Crippen LogP contribution in [0.25, 0.3) is 0 Å². The Morgan fingerprint density at radius 2 is 2.57 bits per heavy atom. The molecule has 40 valence electrons. The summed E-state index contributed by atoms with van der Waals surface area (Å²) in [6.45, 7) is -0.171. The number of ether oxygens (including phenoxy) is 1. The number of hydrogen-bond donors (Lipinski definition) is 2. The van der Waals surface area contributed by atoms with E-state index in [0.29, 0.717) is 6.40 Å². The van der Waals surface area contributed by atoms with E-state index in [1.54, 1.807) is 0 Å². The Kier molecular flexibility index (Phi) is 2.87. The SMILES string of the molecule is N=COC(=O)CN. The second-order valence-corrected chi connectivity index (χ2v) is 0.812. The van der Waals surface area contributed by atoms with Crippen LogP contribution in [0.15, 0.2) is 0 Å². The van der Waals surface area contributed by atoms with Gasteiger partial charge in [-0.25, -0.2) is 0 Å². The van der Waals surface area contributed by atoms with Crippen LogP contribution in [0.3, 0.4) is 0 Å². The topological polar surface area (TPSA) is 76.2 Å². The lowest BCUT2D eigenvalue weighted by Gasteiger charge is -1.87. The van der Waals surface area contributed by atoms with Crippen LogP contribution in [0, 0.1) is 5.41 Å². The van der Waals surface area contributed by atoms with E-state index in [-0.39, 0.29) is 6.54 Å². The molecule has 0 aliphatic rings. The standard InChI is InChI=1S/C3H6N2O2/c4-1-3(6)7-2-5/h2,5H,1,4H2. The predicted molar refractivity (Wildman–Crippen MR) is 23.9 cm³/mol. The maximum absolute atomic E-state index is 9.91. The minimum absolute atomic E-state index is 0.171. The Balaban J connectivity index is 3.17. The molecular weight excluding hydrogens is 96.0 g/mol. The minimum Gasteiger partial charge on any atom is -0.414 e. The molecule has 4 heteroatoms. The summed E-state index contributed by atoms with van der Waals surface area (Å²) in [4.78, 5) is 9.91. The zero-order chi connectivity index (χ0) is 5.70. The molecule has 3 N–H and O–H groups in total. The van der Waals surface area contributed by atoms with Crippen LogP contribution in [-0.4, -0.2) is 18.9 Å². The predicted octanol–water partition coefficient (Wildman–Crippen LogP) is -0.905. The van der Waals surface area contributed by atoms with Gasteiger partial charge in [0, 0.05) is 0 Å². The highest BCUT2D eigenvalue weighted by Gasteiger charge is 1.90. The van der Waals surface area contributed by atoms with E-state index in [4.69, 9.17) is 11.1 Å². The second kappa shape index (κ2) is 3.30. The Morgan fingerprint density at radius 3 is 2.71 bits per heavy atom. The zero-order valence-electron chi connectivity index (χ0n) is 3.68. The van der Waals surface area contributed by atoms with Crippen molar-refractivity contribution in [2.45, 2.75) is 0 Å². The molecule has 0 rings (SSSR count). The minimum atomic E-state index is -0.588. The first-order valence-corrected chi connectivity index (χ1v) is 1.69. The molecule has 0 aromatic heterocycles. The maximum atomic E-state index is 9.91. The highest BCUT2D eigenvalue weighted by molar-refractivity contribution is 5.78. The maximum Gasteiger partial charge on any atom is 0.325 e. The van der Waals surface area contributed by atoms with Gasteiger partial charge in [0.2, 0.25) is 0 Å². The normalized spacial score (nSPS) is 7.57. The quantitative estimate of drug-likeness (QED) is 0.269. The molecular formula is C3H6N2O2. The van der Waals surface area contributed by atoms with Gasteiger partial charge in [-0.15, -0.1) is 0 Å². The Bertz CT molecular complexity index is 81.0. The first-order valence-electron chi connectivity index (χ1n) is 1.69. The van der Waals surface area contributed by atoms with Gasteiger partial charge >= 0.3 is 5.97 Å². The molecule has 0 fully saturated rings. The van der Waals surface area contributed by atoms with Crippen molar-refractivity contribution < 1.29 is 9.53 Å². The lowest BCUT2D eigenvalue weighted by atomic mass is 10.7. The van der Waals surface area contributed by atoms with Crippen LogP contribution in [0.4, 0.5) is 0 Å². The number of esters is 1. The van der Waals surface area contributed by atoms with Gasteiger partial charge in [0.25, 0.3) is 0 Å². The Labute approximate surface area is 40.8 Å². The van der Waals surface area contributed by atoms with Crippen molar-refractivity contribution in [2.24, 2.45) is 5.73 Å². The van der Waals surface area contributed by atoms with Crippen molar-refractivity contribution >= 4 is 12.4 Å². The van der Waals surface area contributed by atoms with Crippen molar-refractivity contribution in [1.82, 2.24) is 0 Å². The summed E-state index contributed by atoms with van der Waals surface area (Å²) in [5, 5.41) is 6.21. The van der Waals surface area contributed by atoms with Crippen molar-refractivity contribution in [3.8, 4) is 0 Å². The summed E-state index contributed by atoms with van der Waals surface area (Å²) in [5.74, 6) is -0.588. The first-order chi connectivity index (χ1) is 3.31. The van der Waals surface area contributed by atoms with Crippen LogP contribution >= 0.6 is 0 Å². The fourth-order valence-corrected chi connectivity index (χ4v) is 0.114. The summed E-state index contributed by atoms with van der Waals surface area (Å²) in [6.07, 6.45) is 0.551. The van der Waals surface area contributed by atoms with E-state index >= 15 is 0 Å². The van der Waals surface area contributed by atoms with Crippen LogP contribution in [-0.2, 0) is 9.53 Å². The van der Waals surface area contributed by atoms with E-state index in [0.717, 1.165) is 0 Å². The lowest BCUT2D eigenvalue weighted by molar-refractivity contribution is -0.133. The molecule has 0 aliphatic carbocycles. The molecule has 0 aromatic carbocycles. The average molecular weight is 102 g/mol. The summed E-state index contributed by atoms with van der Waals surface area (Å²) < 4.78 is 3.97. The van der Waals surface area contributed by atoms with Crippen molar-refractivity contribution in [1.29, 1.82) is 5.41 Å². The Morgan fingerprint density at radius 1 is 2.00 bits per heavy atom. The van der Waals surface area contributed by atoms with Crippen LogP contribution in [0.1, 0.15) is 0 Å². The van der Waals surface area contributed by atoms with E-state index < -0.39 is 5.97 Å². The fraction of sp³-hybridized carbons (Fsp3) is 0.333. The van der Waals surface area contributed by atoms with Crippen LogP contribution in [0.2, 0.25) is 0 Å². The number of carbonyl (C=O) groups excluding carboxylic acids is 1. The fourth-order valence-electron chi connectivity index (χ4n) is 0.114. The van der Waals surface area contributed by atoms with Crippen LogP contribution in [0.5, 0.6) is 0 Å². The van der Waals surface area contributed by atoms with Gasteiger partial charge in [-0.05, 0) is 0 Å². The highest BCUT2D eigenvalue weighted by atomic mass is 16.5. The van der Waals surface area contributed by atoms with Gasteiger partial charge in [0.1, 0.15) is 0 Å². The van der Waals surface area contributed by atoms with E-state index in [2.05, 4.69) is 4.74 Å². The molecule has 0 heterocycles. The number of nitrogens with one attached hydrogen (secondary N) is 1. The first kappa shape index (κ1) is 6.10. The van der Waals surface area contributed by atoms with Gasteiger partial charge in [-0.1, -0.05) is 0 Å². The third-order valence-corrected chi connectivity index (χ3v) is 0.357. The Hall–Kier alpha value is -0.900. The number of nitrogens with two attached hydrogens (primary N) is 1. The van der Waals surface area contributed by atoms with Crippen molar-refractivity contribution in [3.05, 3.63) is 0 Å². The van der Waals surface area contributed by atoms with Gasteiger partial charge in [0.05, 0.1) is 6.54 Å². The van der Waals surface area contributed by atoms with Gasteiger partial charge in [-0.2, -0.15) is 0 Å². The summed E-state index contributed by atoms with van der Waals surface area (Å²) in [5.41, 5.74) is 4.78. The lowest BCUT2D eigenvalue weighted by Crippen LogP contribution is -2.15. The summed E-state index contributed by atoms with van der Waals surface area (Å²) >= 11 is 0. The molecule has 0 aliphatic heterocycles. The number of hydrogen-bond acceptors (Lipinski definition) is 4. The molecule has 0 bridgehead atoms. The van der Waals surface area contributed by atoms with Crippen molar-refractivity contribution in [2.75, 3.05) is 6.54 Å². The largest absolute Gasteiger partial charge is 0.414 e. The molecule has 0 atom stereocenters. The zero-order valence-corrected chi connectivity index (χ0v) is 3.68. The molecule has 0 saturated carbocycles. The molecule has 0 aromatic rings. The molecule has 4 nitrogen and oxygen atoms in total. The monoisotopic (exact) mass is 102 g/mol. The second-order valence-electron chi connectivity index (χ2n) is 0.812. The van der Waals surface area contributed by atoms with E-state index in [1.165, 1.54) is 0 Å². The van der Waals surface area contributed by atoms with E-state index in [9.17, 15) is 4.79 Å². The van der Waals surface area contributed by atoms with E-state index in [1.807, 2.05) is 0 Å². The third kappa shape index (κ3) is 2.92. The summed E-state index contributed by atoms with van der Waals surface area (Å²) in [6, 6.07) is 0. The number of carbonyl (C=O) groups is 1. The van der Waals surface area contributed by atoms with Crippen molar-refractivity contribution in [3.63, 3.8) is 0 Å². The van der Waals surface area contributed by atoms with Gasteiger partial charge in [-0.3, -0.25) is 10.2 Å². The molecule has 0 radical (unpaired) electrons. The average Bonchev–Trinajstić information content (AvgIpc) is 1.68. The molecule has 7 heavy (non-hydrogen) atoms. The molecule has 0 saturated heterocycles. The number of rotatable bonds is 2. The summed E-state index contributed by atoms with van der Waals surface area (Å²) in [7, 11) is 0. The molecule has 0 spiro atoms. The molecule has 0 unspecified atom stereocenters. The van der Waals surface area contributed by atoms with Crippen LogP contribution < -0.4 is 5.73 Å². The molecule has 0 amide bonds. The smallest absolute Gasteiger partial charge is 0.325 e. The van der Waals surface area contributed by atoms with Gasteiger partial charge < -0.3 is 10.5 Å².